The van der Waals surface area contributed by atoms with Crippen LogP contribution in [0.4, 0.5) is 0 Å². The second-order valence-corrected chi connectivity index (χ2v) is 3.74. The Labute approximate surface area is 85.8 Å². The number of carbonyl (C=O) groups excluding carboxylic acids is 1. The highest BCUT2D eigenvalue weighted by Gasteiger charge is 2.36. The Morgan fingerprint density at radius 3 is 2.14 bits per heavy atom. The van der Waals surface area contributed by atoms with Gasteiger partial charge in [0.1, 0.15) is 5.78 Å². The van der Waals surface area contributed by atoms with E-state index in [1.165, 1.54) is 0 Å². The van der Waals surface area contributed by atoms with Crippen molar-refractivity contribution >= 4 is 5.78 Å². The fraction of sp³-hybridized carbons (Fsp3) is 0.909. The van der Waals surface area contributed by atoms with E-state index in [1.807, 2.05) is 20.8 Å². The van der Waals surface area contributed by atoms with Gasteiger partial charge in [0.15, 0.2) is 6.29 Å². The molecule has 3 nitrogen and oxygen atoms in total. The highest BCUT2D eigenvalue weighted by atomic mass is 16.7. The lowest BCUT2D eigenvalue weighted by atomic mass is 10.0. The van der Waals surface area contributed by atoms with Crippen LogP contribution in [0.3, 0.4) is 0 Å². The third-order valence-corrected chi connectivity index (χ3v) is 2.50. The van der Waals surface area contributed by atoms with Crippen LogP contribution in [0.5, 0.6) is 0 Å². The van der Waals surface area contributed by atoms with Crippen molar-refractivity contribution in [2.75, 3.05) is 13.2 Å². The number of ketones is 1. The number of carbonyl (C=O) groups is 1. The standard InChI is InChI=1S/C11H20O3/c1-4-13-11(14-5-2)8(3)10(12)9-6-7-9/h8-9,11H,4-7H2,1-3H3. The van der Waals surface area contributed by atoms with E-state index in [-0.39, 0.29) is 18.1 Å². The summed E-state index contributed by atoms with van der Waals surface area (Å²) in [7, 11) is 0. The summed E-state index contributed by atoms with van der Waals surface area (Å²) < 4.78 is 10.8. The number of rotatable bonds is 7. The lowest BCUT2D eigenvalue weighted by molar-refractivity contribution is -0.172. The zero-order valence-corrected chi connectivity index (χ0v) is 9.29. The molecule has 1 aliphatic carbocycles. The molecular weight excluding hydrogens is 180 g/mol. The molecule has 82 valence electrons. The van der Waals surface area contributed by atoms with Gasteiger partial charge in [0.25, 0.3) is 0 Å². The van der Waals surface area contributed by atoms with Gasteiger partial charge in [-0.2, -0.15) is 0 Å². The third-order valence-electron chi connectivity index (χ3n) is 2.50. The maximum absolute atomic E-state index is 11.7. The van der Waals surface area contributed by atoms with Crippen LogP contribution in [0.25, 0.3) is 0 Å². The molecule has 0 heterocycles. The molecular formula is C11H20O3. The van der Waals surface area contributed by atoms with Crippen molar-refractivity contribution in [2.45, 2.75) is 39.9 Å². The molecule has 0 aromatic carbocycles. The van der Waals surface area contributed by atoms with Crippen molar-refractivity contribution in [3.8, 4) is 0 Å². The zero-order chi connectivity index (χ0) is 10.6. The van der Waals surface area contributed by atoms with Gasteiger partial charge in [-0.25, -0.2) is 0 Å². The number of ether oxygens (including phenoxy) is 2. The normalized spacial score (nSPS) is 18.6. The average Bonchev–Trinajstić information content (AvgIpc) is 2.98. The van der Waals surface area contributed by atoms with Crippen LogP contribution >= 0.6 is 0 Å². The van der Waals surface area contributed by atoms with Gasteiger partial charge in [0.05, 0.1) is 5.92 Å². The van der Waals surface area contributed by atoms with Crippen molar-refractivity contribution in [3.63, 3.8) is 0 Å². The first kappa shape index (κ1) is 11.7. The minimum absolute atomic E-state index is 0.123. The maximum Gasteiger partial charge on any atom is 0.166 e. The van der Waals surface area contributed by atoms with Gasteiger partial charge in [-0.05, 0) is 26.7 Å². The second kappa shape index (κ2) is 5.47. The van der Waals surface area contributed by atoms with E-state index in [2.05, 4.69) is 0 Å². The molecule has 0 saturated heterocycles. The Morgan fingerprint density at radius 2 is 1.79 bits per heavy atom. The first-order chi connectivity index (χ1) is 6.70. The lowest BCUT2D eigenvalue weighted by Gasteiger charge is -2.22. The van der Waals surface area contributed by atoms with Crippen LogP contribution in [0.15, 0.2) is 0 Å². The van der Waals surface area contributed by atoms with E-state index >= 15 is 0 Å². The summed E-state index contributed by atoms with van der Waals surface area (Å²) in [6, 6.07) is 0. The molecule has 3 heteroatoms. The quantitative estimate of drug-likeness (QED) is 0.590. The van der Waals surface area contributed by atoms with Gasteiger partial charge in [-0.15, -0.1) is 0 Å². The van der Waals surface area contributed by atoms with Gasteiger partial charge in [-0.3, -0.25) is 4.79 Å². The molecule has 0 bridgehead atoms. The SMILES string of the molecule is CCOC(OCC)C(C)C(=O)C1CC1. The predicted octanol–water partition coefficient (Wildman–Crippen LogP) is 2.00. The summed E-state index contributed by atoms with van der Waals surface area (Å²) >= 11 is 0. The number of Topliss-reactive ketones (excluding diaryl/α,β-unsaturated/α-hetero) is 1. The van der Waals surface area contributed by atoms with Gasteiger partial charge in [0, 0.05) is 19.1 Å². The summed E-state index contributed by atoms with van der Waals surface area (Å²) in [6.45, 7) is 6.91. The average molecular weight is 200 g/mol. The van der Waals surface area contributed by atoms with E-state index in [4.69, 9.17) is 9.47 Å². The van der Waals surface area contributed by atoms with E-state index in [0.29, 0.717) is 19.0 Å². The Hall–Kier alpha value is -0.410. The van der Waals surface area contributed by atoms with E-state index in [0.717, 1.165) is 12.8 Å². The van der Waals surface area contributed by atoms with Crippen LogP contribution in [-0.4, -0.2) is 25.3 Å². The number of hydrogen-bond acceptors (Lipinski definition) is 3. The third kappa shape index (κ3) is 3.07. The fourth-order valence-corrected chi connectivity index (χ4v) is 1.54. The molecule has 0 aromatic rings. The fourth-order valence-electron chi connectivity index (χ4n) is 1.54. The van der Waals surface area contributed by atoms with Crippen LogP contribution in [-0.2, 0) is 14.3 Å². The first-order valence-electron chi connectivity index (χ1n) is 5.47. The highest BCUT2D eigenvalue weighted by Crippen LogP contribution is 2.33. The molecule has 1 rings (SSSR count). The molecule has 1 aliphatic rings. The molecule has 1 unspecified atom stereocenters. The Balaban J connectivity index is 2.43. The smallest absolute Gasteiger partial charge is 0.166 e. The zero-order valence-electron chi connectivity index (χ0n) is 9.29. The van der Waals surface area contributed by atoms with Crippen molar-refractivity contribution in [1.29, 1.82) is 0 Å². The maximum atomic E-state index is 11.7. The summed E-state index contributed by atoms with van der Waals surface area (Å²) in [6.07, 6.45) is 1.75. The number of hydrogen-bond donors (Lipinski definition) is 0. The second-order valence-electron chi connectivity index (χ2n) is 3.74. The summed E-state index contributed by atoms with van der Waals surface area (Å²) in [5.41, 5.74) is 0. The summed E-state index contributed by atoms with van der Waals surface area (Å²) in [5.74, 6) is 0.465. The highest BCUT2D eigenvalue weighted by molar-refractivity contribution is 5.85. The summed E-state index contributed by atoms with van der Waals surface area (Å²) in [5, 5.41) is 0. The van der Waals surface area contributed by atoms with Gasteiger partial charge < -0.3 is 9.47 Å². The molecule has 0 aliphatic heterocycles. The lowest BCUT2D eigenvalue weighted by Crippen LogP contribution is -2.32. The molecule has 0 spiro atoms. The van der Waals surface area contributed by atoms with E-state index in [9.17, 15) is 4.79 Å². The van der Waals surface area contributed by atoms with E-state index in [1.54, 1.807) is 0 Å². The van der Waals surface area contributed by atoms with Crippen molar-refractivity contribution in [2.24, 2.45) is 11.8 Å². The van der Waals surface area contributed by atoms with Crippen molar-refractivity contribution in [3.05, 3.63) is 0 Å². The molecule has 14 heavy (non-hydrogen) atoms. The molecule has 0 N–H and O–H groups in total. The molecule has 0 radical (unpaired) electrons. The molecule has 0 amide bonds. The van der Waals surface area contributed by atoms with Crippen molar-refractivity contribution < 1.29 is 14.3 Å². The van der Waals surface area contributed by atoms with Gasteiger partial charge >= 0.3 is 0 Å². The minimum atomic E-state index is -0.349. The van der Waals surface area contributed by atoms with Gasteiger partial charge in [0.2, 0.25) is 0 Å². The largest absolute Gasteiger partial charge is 0.352 e. The Bertz CT molecular complexity index is 181. The van der Waals surface area contributed by atoms with Crippen LogP contribution < -0.4 is 0 Å². The van der Waals surface area contributed by atoms with Gasteiger partial charge in [-0.1, -0.05) is 6.92 Å². The van der Waals surface area contributed by atoms with Crippen LogP contribution in [0.2, 0.25) is 0 Å². The Kier molecular flexibility index (Phi) is 4.55. The van der Waals surface area contributed by atoms with Crippen molar-refractivity contribution in [1.82, 2.24) is 0 Å². The molecule has 1 atom stereocenters. The monoisotopic (exact) mass is 200 g/mol. The summed E-state index contributed by atoms with van der Waals surface area (Å²) in [4.78, 5) is 11.7. The topological polar surface area (TPSA) is 35.5 Å². The molecule has 1 fully saturated rings. The molecule has 1 saturated carbocycles. The molecule has 0 aromatic heterocycles. The first-order valence-corrected chi connectivity index (χ1v) is 5.47. The minimum Gasteiger partial charge on any atom is -0.352 e. The Morgan fingerprint density at radius 1 is 1.29 bits per heavy atom. The van der Waals surface area contributed by atoms with Crippen LogP contribution in [0.1, 0.15) is 33.6 Å². The van der Waals surface area contributed by atoms with Crippen LogP contribution in [0, 0.1) is 11.8 Å². The predicted molar refractivity (Wildman–Crippen MR) is 53.9 cm³/mol. The van der Waals surface area contributed by atoms with E-state index < -0.39 is 0 Å².